The van der Waals surface area contributed by atoms with Gasteiger partial charge < -0.3 is 4.90 Å². The predicted molar refractivity (Wildman–Crippen MR) is 110 cm³/mol. The van der Waals surface area contributed by atoms with Crippen LogP contribution in [0.1, 0.15) is 12.0 Å². The van der Waals surface area contributed by atoms with Gasteiger partial charge in [-0.3, -0.25) is 14.2 Å². The average Bonchev–Trinajstić information content (AvgIpc) is 2.74. The summed E-state index contributed by atoms with van der Waals surface area (Å²) in [5.74, 6) is -0.407. The molecule has 0 saturated heterocycles. The van der Waals surface area contributed by atoms with Crippen molar-refractivity contribution in [3.63, 3.8) is 0 Å². The minimum atomic E-state index is -0.349. The Morgan fingerprint density at radius 2 is 1.97 bits per heavy atom. The van der Waals surface area contributed by atoms with E-state index in [9.17, 15) is 14.0 Å². The van der Waals surface area contributed by atoms with Crippen LogP contribution in [-0.2, 0) is 11.3 Å². The molecule has 0 saturated carbocycles. The maximum Gasteiger partial charge on any atom is 0.262 e. The second kappa shape index (κ2) is 9.34. The van der Waals surface area contributed by atoms with E-state index in [0.717, 1.165) is 5.56 Å². The van der Waals surface area contributed by atoms with Crippen molar-refractivity contribution in [1.82, 2.24) is 14.5 Å². The summed E-state index contributed by atoms with van der Waals surface area (Å²) in [4.78, 5) is 31.4. The second-order valence-electron chi connectivity index (χ2n) is 6.44. The van der Waals surface area contributed by atoms with Crippen molar-refractivity contribution in [2.24, 2.45) is 0 Å². The van der Waals surface area contributed by atoms with Crippen molar-refractivity contribution in [3.05, 3.63) is 70.3 Å². The van der Waals surface area contributed by atoms with Crippen molar-refractivity contribution in [3.8, 4) is 6.07 Å². The molecule has 0 fully saturated rings. The number of hydrogen-bond donors (Lipinski definition) is 0. The fourth-order valence-electron chi connectivity index (χ4n) is 2.75. The minimum absolute atomic E-state index is 0.0934. The van der Waals surface area contributed by atoms with Gasteiger partial charge in [-0.05, 0) is 29.8 Å². The van der Waals surface area contributed by atoms with Gasteiger partial charge in [0.05, 0.1) is 35.7 Å². The molecule has 0 bridgehead atoms. The van der Waals surface area contributed by atoms with Crippen molar-refractivity contribution < 1.29 is 9.18 Å². The van der Waals surface area contributed by atoms with Gasteiger partial charge in [-0.1, -0.05) is 36.0 Å². The Hall–Kier alpha value is -3.18. The molecule has 0 radical (unpaired) electrons. The Morgan fingerprint density at radius 3 is 2.69 bits per heavy atom. The number of amides is 1. The standard InChI is InChI=1S/C21H19FN4O2S/c1-25(12-4-11-23)19(27)14-29-21-24-18-6-3-2-5-17(18)20(28)26(21)13-15-7-9-16(22)10-8-15/h2-3,5-10H,4,12-14H2,1H3. The van der Waals surface area contributed by atoms with Crippen molar-refractivity contribution in [2.45, 2.75) is 18.1 Å². The van der Waals surface area contributed by atoms with Crippen LogP contribution in [0.4, 0.5) is 4.39 Å². The van der Waals surface area contributed by atoms with E-state index >= 15 is 0 Å². The van der Waals surface area contributed by atoms with Crippen molar-refractivity contribution in [2.75, 3.05) is 19.3 Å². The third kappa shape index (κ3) is 5.00. The van der Waals surface area contributed by atoms with Crippen LogP contribution in [0.25, 0.3) is 10.9 Å². The summed E-state index contributed by atoms with van der Waals surface area (Å²) in [6.07, 6.45) is 0.260. The third-order valence-electron chi connectivity index (χ3n) is 4.39. The SMILES string of the molecule is CN(CCC#N)C(=O)CSc1nc2ccccc2c(=O)n1Cc1ccc(F)cc1. The quantitative estimate of drug-likeness (QED) is 0.442. The van der Waals surface area contributed by atoms with Gasteiger partial charge >= 0.3 is 0 Å². The second-order valence-corrected chi connectivity index (χ2v) is 7.38. The zero-order valence-electron chi connectivity index (χ0n) is 15.8. The van der Waals surface area contributed by atoms with Crippen LogP contribution in [0, 0.1) is 17.1 Å². The highest BCUT2D eigenvalue weighted by Gasteiger charge is 2.15. The molecule has 0 atom stereocenters. The summed E-state index contributed by atoms with van der Waals surface area (Å²) >= 11 is 1.17. The van der Waals surface area contributed by atoms with Crippen LogP contribution in [-0.4, -0.2) is 39.7 Å². The first kappa shape index (κ1) is 20.6. The average molecular weight is 410 g/mol. The Bertz CT molecular complexity index is 1120. The number of carbonyl (C=O) groups excluding carboxylic acids is 1. The first-order chi connectivity index (χ1) is 14.0. The van der Waals surface area contributed by atoms with E-state index in [-0.39, 0.29) is 36.0 Å². The monoisotopic (exact) mass is 410 g/mol. The maximum absolute atomic E-state index is 13.2. The number of aromatic nitrogens is 2. The molecule has 3 aromatic rings. The molecule has 0 spiro atoms. The van der Waals surface area contributed by atoms with Gasteiger partial charge in [0.2, 0.25) is 5.91 Å². The number of fused-ring (bicyclic) bond motifs is 1. The fraction of sp³-hybridized carbons (Fsp3) is 0.238. The summed E-state index contributed by atoms with van der Waals surface area (Å²) in [6.45, 7) is 0.571. The number of thioether (sulfide) groups is 1. The molecule has 0 aliphatic carbocycles. The lowest BCUT2D eigenvalue weighted by atomic mass is 10.2. The van der Waals surface area contributed by atoms with E-state index in [1.165, 1.54) is 33.4 Å². The Kier molecular flexibility index (Phi) is 6.62. The van der Waals surface area contributed by atoms with E-state index < -0.39 is 0 Å². The number of benzene rings is 2. The van der Waals surface area contributed by atoms with Gasteiger partial charge in [0.15, 0.2) is 5.16 Å². The molecule has 0 aliphatic rings. The van der Waals surface area contributed by atoms with E-state index in [2.05, 4.69) is 4.98 Å². The molecule has 1 aromatic heterocycles. The lowest BCUT2D eigenvalue weighted by Crippen LogP contribution is -2.30. The smallest absolute Gasteiger partial charge is 0.262 e. The first-order valence-corrected chi connectivity index (χ1v) is 9.96. The Balaban J connectivity index is 1.92. The molecule has 0 N–H and O–H groups in total. The molecular weight excluding hydrogens is 391 g/mol. The molecule has 29 heavy (non-hydrogen) atoms. The molecule has 6 nitrogen and oxygen atoms in total. The highest BCUT2D eigenvalue weighted by atomic mass is 32.2. The minimum Gasteiger partial charge on any atom is -0.344 e. The first-order valence-electron chi connectivity index (χ1n) is 8.97. The zero-order chi connectivity index (χ0) is 20.8. The molecule has 1 amide bonds. The number of nitriles is 1. The molecule has 8 heteroatoms. The molecule has 148 valence electrons. The highest BCUT2D eigenvalue weighted by molar-refractivity contribution is 7.99. The summed E-state index contributed by atoms with van der Waals surface area (Å²) in [7, 11) is 1.64. The van der Waals surface area contributed by atoms with Gasteiger partial charge in [-0.2, -0.15) is 5.26 Å². The molecular formula is C21H19FN4O2S. The van der Waals surface area contributed by atoms with Crippen molar-refractivity contribution >= 4 is 28.6 Å². The van der Waals surface area contributed by atoms with Gasteiger partial charge in [-0.25, -0.2) is 9.37 Å². The molecule has 3 rings (SSSR count). The summed E-state index contributed by atoms with van der Waals surface area (Å²) in [5, 5.41) is 9.56. The van der Waals surface area contributed by atoms with Gasteiger partial charge in [-0.15, -0.1) is 0 Å². The number of para-hydroxylation sites is 1. The van der Waals surface area contributed by atoms with E-state index in [1.807, 2.05) is 6.07 Å². The topological polar surface area (TPSA) is 79.0 Å². The lowest BCUT2D eigenvalue weighted by Gasteiger charge is -2.16. The Morgan fingerprint density at radius 1 is 1.24 bits per heavy atom. The molecule has 0 aliphatic heterocycles. The number of nitrogens with zero attached hydrogens (tertiary/aromatic N) is 4. The largest absolute Gasteiger partial charge is 0.344 e. The van der Waals surface area contributed by atoms with Gasteiger partial charge in [0.25, 0.3) is 5.56 Å². The van der Waals surface area contributed by atoms with E-state index in [0.29, 0.717) is 22.6 Å². The van der Waals surface area contributed by atoms with E-state index in [1.54, 1.807) is 43.4 Å². The highest BCUT2D eigenvalue weighted by Crippen LogP contribution is 2.19. The zero-order valence-corrected chi connectivity index (χ0v) is 16.7. The molecule has 2 aromatic carbocycles. The Labute approximate surface area is 171 Å². The van der Waals surface area contributed by atoms with Gasteiger partial charge in [0.1, 0.15) is 5.82 Å². The maximum atomic E-state index is 13.2. The lowest BCUT2D eigenvalue weighted by molar-refractivity contribution is -0.127. The van der Waals surface area contributed by atoms with Crippen LogP contribution in [0.5, 0.6) is 0 Å². The number of hydrogen-bond acceptors (Lipinski definition) is 5. The van der Waals surface area contributed by atoms with Crippen LogP contribution < -0.4 is 5.56 Å². The van der Waals surface area contributed by atoms with Crippen LogP contribution >= 0.6 is 11.8 Å². The number of halogens is 1. The third-order valence-corrected chi connectivity index (χ3v) is 5.35. The molecule has 1 heterocycles. The van der Waals surface area contributed by atoms with E-state index in [4.69, 9.17) is 5.26 Å². The predicted octanol–water partition coefficient (Wildman–Crippen LogP) is 3.05. The molecule has 0 unspecified atom stereocenters. The summed E-state index contributed by atoms with van der Waals surface area (Å²) in [5.41, 5.74) is 1.10. The normalized spacial score (nSPS) is 10.7. The van der Waals surface area contributed by atoms with Crippen LogP contribution in [0.2, 0.25) is 0 Å². The number of carbonyl (C=O) groups is 1. The summed E-state index contributed by atoms with van der Waals surface area (Å²) < 4.78 is 14.7. The van der Waals surface area contributed by atoms with Crippen LogP contribution in [0.3, 0.4) is 0 Å². The van der Waals surface area contributed by atoms with Crippen LogP contribution in [0.15, 0.2) is 58.5 Å². The number of rotatable bonds is 7. The summed E-state index contributed by atoms with van der Waals surface area (Å²) in [6, 6.07) is 15.0. The fourth-order valence-corrected chi connectivity index (χ4v) is 3.69. The van der Waals surface area contributed by atoms with Crippen molar-refractivity contribution in [1.29, 1.82) is 5.26 Å². The van der Waals surface area contributed by atoms with Gasteiger partial charge in [0, 0.05) is 13.6 Å².